The van der Waals surface area contributed by atoms with Crippen LogP contribution in [0.2, 0.25) is 5.82 Å². The predicted molar refractivity (Wildman–Crippen MR) is 99.2 cm³/mol. The molecule has 26 heavy (non-hydrogen) atoms. The van der Waals surface area contributed by atoms with Gasteiger partial charge in [0.25, 0.3) is 0 Å². The van der Waals surface area contributed by atoms with Gasteiger partial charge in [-0.1, -0.05) is 0 Å². The van der Waals surface area contributed by atoms with Crippen LogP contribution in [-0.4, -0.2) is 97.6 Å². The van der Waals surface area contributed by atoms with Gasteiger partial charge in [0.05, 0.1) is 30.5 Å². The molecule has 0 aromatic heterocycles. The van der Waals surface area contributed by atoms with Crippen LogP contribution in [-0.2, 0) is 14.0 Å². The number of rotatable bonds is 1. The number of carbonyl (C=O) groups is 1. The first-order valence-electron chi connectivity index (χ1n) is 9.98. The van der Waals surface area contributed by atoms with Gasteiger partial charge in [0.15, 0.2) is 0 Å². The van der Waals surface area contributed by atoms with Crippen molar-refractivity contribution in [3.05, 3.63) is 0 Å². The van der Waals surface area contributed by atoms with Crippen molar-refractivity contribution in [3.63, 3.8) is 0 Å². The maximum atomic E-state index is 13.0. The molecule has 4 heterocycles. The second-order valence-electron chi connectivity index (χ2n) is 9.11. The Bertz CT molecular complexity index is 543. The quantitative estimate of drug-likeness (QED) is 0.656. The van der Waals surface area contributed by atoms with Crippen LogP contribution in [0, 0.1) is 0 Å². The lowest BCUT2D eigenvalue weighted by molar-refractivity contribution is -0.0385. The van der Waals surface area contributed by atoms with Gasteiger partial charge in [-0.25, -0.2) is 4.79 Å². The molecule has 0 saturated carbocycles. The van der Waals surface area contributed by atoms with E-state index >= 15 is 0 Å². The summed E-state index contributed by atoms with van der Waals surface area (Å²) in [6, 6.07) is 0.511. The molecule has 0 N–H and O–H groups in total. The molecule has 4 aliphatic rings. The molecule has 2 unspecified atom stereocenters. The highest BCUT2D eigenvalue weighted by Crippen LogP contribution is 2.42. The number of piperazine rings is 1. The minimum Gasteiger partial charge on any atom is -0.403 e. The Morgan fingerprint density at radius 2 is 1.65 bits per heavy atom. The van der Waals surface area contributed by atoms with E-state index in [0.29, 0.717) is 6.04 Å². The first-order valence-corrected chi connectivity index (χ1v) is 9.98. The number of fused-ring (bicyclic) bond motifs is 1. The van der Waals surface area contributed by atoms with E-state index in [1.807, 2.05) is 9.80 Å². The fourth-order valence-corrected chi connectivity index (χ4v) is 4.38. The molecule has 4 saturated heterocycles. The van der Waals surface area contributed by atoms with Crippen molar-refractivity contribution in [2.24, 2.45) is 0 Å². The van der Waals surface area contributed by atoms with E-state index in [2.05, 4.69) is 32.6 Å². The van der Waals surface area contributed by atoms with Crippen LogP contribution in [0.3, 0.4) is 0 Å². The summed E-state index contributed by atoms with van der Waals surface area (Å²) in [4.78, 5) is 19.4. The monoisotopic (exact) mass is 365 g/mol. The molecular formula is C18H32BN3O4. The van der Waals surface area contributed by atoms with E-state index in [1.54, 1.807) is 0 Å². The third-order valence-electron chi connectivity index (χ3n) is 6.86. The van der Waals surface area contributed by atoms with Gasteiger partial charge in [0.1, 0.15) is 0 Å². The van der Waals surface area contributed by atoms with E-state index in [0.717, 1.165) is 58.9 Å². The van der Waals surface area contributed by atoms with Crippen LogP contribution in [0.1, 0.15) is 34.1 Å². The van der Waals surface area contributed by atoms with Crippen LogP contribution < -0.4 is 0 Å². The third kappa shape index (κ3) is 3.25. The summed E-state index contributed by atoms with van der Waals surface area (Å²) in [6.07, 6.45) is 0.940. The molecule has 8 heteroatoms. The number of nitrogens with zero attached hydrogens (tertiary/aromatic N) is 3. The highest BCUT2D eigenvalue weighted by atomic mass is 16.7. The summed E-state index contributed by atoms with van der Waals surface area (Å²) in [6.45, 7) is 14.9. The Balaban J connectivity index is 1.33. The van der Waals surface area contributed by atoms with E-state index < -0.39 is 0 Å². The van der Waals surface area contributed by atoms with Gasteiger partial charge >= 0.3 is 13.1 Å². The molecule has 0 aromatic carbocycles. The highest BCUT2D eigenvalue weighted by molar-refractivity contribution is 6.47. The molecule has 0 aliphatic carbocycles. The Kier molecular flexibility index (Phi) is 4.74. The topological polar surface area (TPSA) is 54.5 Å². The minimum atomic E-state index is -0.313. The number of ether oxygens (including phenoxy) is 1. The number of likely N-dealkylation sites (tertiary alicyclic amines) is 1. The molecule has 4 rings (SSSR count). The van der Waals surface area contributed by atoms with Crippen LogP contribution in [0.4, 0.5) is 4.79 Å². The number of carbonyl (C=O) groups excluding carboxylic acids is 1. The number of hydrogen-bond acceptors (Lipinski definition) is 5. The summed E-state index contributed by atoms with van der Waals surface area (Å²) in [5, 5.41) is 0. The first-order chi connectivity index (χ1) is 12.3. The van der Waals surface area contributed by atoms with E-state index in [-0.39, 0.29) is 30.2 Å². The van der Waals surface area contributed by atoms with Crippen LogP contribution in [0.15, 0.2) is 0 Å². The standard InChI is InChI=1S/C18H32BN3O4/c1-17(2)18(3,4)26-19(25-17)14-5-6-21(11-14)16(23)22-8-7-20-9-10-24-13-15(20)12-22/h14-15H,5-13H2,1-4H3. The van der Waals surface area contributed by atoms with Gasteiger partial charge in [-0.3, -0.25) is 4.90 Å². The maximum Gasteiger partial charge on any atom is 0.463 e. The number of amides is 2. The Labute approximate surface area is 157 Å². The van der Waals surface area contributed by atoms with Crippen molar-refractivity contribution < 1.29 is 18.8 Å². The van der Waals surface area contributed by atoms with Crippen molar-refractivity contribution in [3.8, 4) is 0 Å². The predicted octanol–water partition coefficient (Wildman–Crippen LogP) is 1.29. The van der Waals surface area contributed by atoms with Crippen molar-refractivity contribution in [1.29, 1.82) is 0 Å². The number of morpholine rings is 1. The Morgan fingerprint density at radius 3 is 2.38 bits per heavy atom. The third-order valence-corrected chi connectivity index (χ3v) is 6.86. The number of urea groups is 1. The van der Waals surface area contributed by atoms with E-state index in [1.165, 1.54) is 0 Å². The average molecular weight is 365 g/mol. The van der Waals surface area contributed by atoms with Crippen molar-refractivity contribution in [2.45, 2.75) is 57.2 Å². The first kappa shape index (κ1) is 18.5. The smallest absolute Gasteiger partial charge is 0.403 e. The Hall–Kier alpha value is -0.825. The summed E-state index contributed by atoms with van der Waals surface area (Å²) >= 11 is 0. The van der Waals surface area contributed by atoms with Crippen LogP contribution >= 0.6 is 0 Å². The lowest BCUT2D eigenvalue weighted by atomic mass is 9.71. The fourth-order valence-electron chi connectivity index (χ4n) is 4.38. The molecule has 146 valence electrons. The molecule has 7 nitrogen and oxygen atoms in total. The van der Waals surface area contributed by atoms with Crippen molar-refractivity contribution in [2.75, 3.05) is 52.5 Å². The van der Waals surface area contributed by atoms with Crippen LogP contribution in [0.5, 0.6) is 0 Å². The summed E-state index contributed by atoms with van der Waals surface area (Å²) in [7, 11) is -0.221. The minimum absolute atomic E-state index is 0.161. The molecule has 0 aromatic rings. The largest absolute Gasteiger partial charge is 0.463 e. The zero-order chi connectivity index (χ0) is 18.5. The van der Waals surface area contributed by atoms with Gasteiger partial charge in [0, 0.05) is 45.1 Å². The second kappa shape index (κ2) is 6.65. The van der Waals surface area contributed by atoms with Crippen molar-refractivity contribution in [1.82, 2.24) is 14.7 Å². The molecule has 4 aliphatic heterocycles. The van der Waals surface area contributed by atoms with E-state index in [9.17, 15) is 4.79 Å². The normalized spacial score (nSPS) is 34.2. The molecule has 0 spiro atoms. The lowest BCUT2D eigenvalue weighted by Gasteiger charge is -2.44. The number of hydrogen-bond donors (Lipinski definition) is 0. The maximum absolute atomic E-state index is 13.0. The SMILES string of the molecule is CC1(C)OB(C2CCN(C(=O)N3CCN4CCOCC4C3)C2)OC1(C)C. The summed E-state index contributed by atoms with van der Waals surface area (Å²) in [5.41, 5.74) is -0.626. The van der Waals surface area contributed by atoms with E-state index in [4.69, 9.17) is 14.0 Å². The fraction of sp³-hybridized carbons (Fsp3) is 0.944. The van der Waals surface area contributed by atoms with Crippen molar-refractivity contribution >= 4 is 13.1 Å². The summed E-state index contributed by atoms with van der Waals surface area (Å²) in [5.74, 6) is 0.249. The van der Waals surface area contributed by atoms with Gasteiger partial charge < -0.3 is 23.8 Å². The van der Waals surface area contributed by atoms with Gasteiger partial charge in [0.2, 0.25) is 0 Å². The van der Waals surface area contributed by atoms with Gasteiger partial charge in [-0.2, -0.15) is 0 Å². The molecule has 0 bridgehead atoms. The molecule has 2 amide bonds. The van der Waals surface area contributed by atoms with Gasteiger partial charge in [-0.15, -0.1) is 0 Å². The highest BCUT2D eigenvalue weighted by Gasteiger charge is 2.55. The zero-order valence-electron chi connectivity index (χ0n) is 16.6. The zero-order valence-corrected chi connectivity index (χ0v) is 16.6. The Morgan fingerprint density at radius 1 is 0.962 bits per heavy atom. The molecular weight excluding hydrogens is 333 g/mol. The summed E-state index contributed by atoms with van der Waals surface area (Å²) < 4.78 is 18.0. The lowest BCUT2D eigenvalue weighted by Crippen LogP contribution is -2.60. The average Bonchev–Trinajstić information content (AvgIpc) is 3.17. The van der Waals surface area contributed by atoms with Crippen LogP contribution in [0.25, 0.3) is 0 Å². The molecule has 2 atom stereocenters. The molecule has 0 radical (unpaired) electrons. The molecule has 4 fully saturated rings. The second-order valence-corrected chi connectivity index (χ2v) is 9.11. The van der Waals surface area contributed by atoms with Gasteiger partial charge in [-0.05, 0) is 34.1 Å².